The van der Waals surface area contributed by atoms with Gasteiger partial charge in [0.05, 0.1) is 0 Å². The molecule has 0 N–H and O–H groups in total. The Balaban J connectivity index is 2.08. The second-order valence-electron chi connectivity index (χ2n) is 3.74. The molecule has 20 heavy (non-hydrogen) atoms. The summed E-state index contributed by atoms with van der Waals surface area (Å²) in [5, 5.41) is 9.63. The lowest BCUT2D eigenvalue weighted by atomic mass is 10.2. The molecule has 1 heterocycles. The monoisotopic (exact) mass is 310 g/mol. The summed E-state index contributed by atoms with van der Waals surface area (Å²) in [5.41, 5.74) is 0.0246. The van der Waals surface area contributed by atoms with Crippen LogP contribution in [0.5, 0.6) is 0 Å². The van der Waals surface area contributed by atoms with Gasteiger partial charge < -0.3 is 0 Å². The summed E-state index contributed by atoms with van der Waals surface area (Å²) in [6, 6.07) is 3.60. The lowest BCUT2D eigenvalue weighted by Gasteiger charge is -2.07. The Morgan fingerprint density at radius 1 is 1.20 bits per heavy atom. The number of alkyl halides is 3. The van der Waals surface area contributed by atoms with Gasteiger partial charge in [-0.3, -0.25) is 0 Å². The molecular weight excluding hydrogens is 303 g/mol. The third kappa shape index (κ3) is 3.65. The Morgan fingerprint density at radius 2 is 1.95 bits per heavy atom. The molecule has 0 bridgehead atoms. The molecule has 0 aliphatic heterocycles. The summed E-state index contributed by atoms with van der Waals surface area (Å²) < 4.78 is 63.6. The van der Waals surface area contributed by atoms with Crippen LogP contribution in [0.1, 0.15) is 5.56 Å². The van der Waals surface area contributed by atoms with E-state index in [0.717, 1.165) is 17.8 Å². The van der Waals surface area contributed by atoms with E-state index in [1.165, 1.54) is 12.1 Å². The Hall–Kier alpha value is -1.71. The smallest absolute Gasteiger partial charge is 0.211 e. The van der Waals surface area contributed by atoms with Gasteiger partial charge in [-0.1, -0.05) is 23.9 Å². The van der Waals surface area contributed by atoms with Crippen molar-refractivity contribution in [2.24, 2.45) is 0 Å². The van der Waals surface area contributed by atoms with E-state index in [1.807, 2.05) is 0 Å². The predicted molar refractivity (Wildman–Crippen MR) is 59.8 cm³/mol. The number of tetrazole rings is 1. The summed E-state index contributed by atoms with van der Waals surface area (Å²) >= 11 is 0.791. The van der Waals surface area contributed by atoms with Crippen molar-refractivity contribution in [1.82, 2.24) is 20.2 Å². The van der Waals surface area contributed by atoms with Gasteiger partial charge >= 0.3 is 6.18 Å². The molecule has 1 aromatic carbocycles. The van der Waals surface area contributed by atoms with Crippen LogP contribution >= 0.6 is 11.8 Å². The Labute approximate surface area is 114 Å². The van der Waals surface area contributed by atoms with E-state index in [0.29, 0.717) is 4.68 Å². The summed E-state index contributed by atoms with van der Waals surface area (Å²) in [7, 11) is 0. The summed E-state index contributed by atoms with van der Waals surface area (Å²) in [4.78, 5) is 0. The van der Waals surface area contributed by atoms with Crippen LogP contribution in [-0.4, -0.2) is 26.4 Å². The topological polar surface area (TPSA) is 43.6 Å². The molecule has 0 unspecified atom stereocenters. The van der Waals surface area contributed by atoms with Gasteiger partial charge in [0.1, 0.15) is 6.54 Å². The quantitative estimate of drug-likeness (QED) is 0.643. The minimum absolute atomic E-state index is 0.0246. The molecule has 4 nitrogen and oxygen atoms in total. The Kier molecular flexibility index (Phi) is 4.21. The normalized spacial score (nSPS) is 11.8. The van der Waals surface area contributed by atoms with E-state index in [2.05, 4.69) is 15.5 Å². The molecule has 0 atom stereocenters. The lowest BCUT2D eigenvalue weighted by Crippen LogP contribution is -2.19. The van der Waals surface area contributed by atoms with Crippen molar-refractivity contribution >= 4 is 11.8 Å². The molecule has 0 radical (unpaired) electrons. The first-order valence-electron chi connectivity index (χ1n) is 5.25. The van der Waals surface area contributed by atoms with Gasteiger partial charge in [-0.25, -0.2) is 13.5 Å². The zero-order valence-electron chi connectivity index (χ0n) is 9.73. The molecule has 0 fully saturated rings. The average Bonchev–Trinajstić information content (AvgIpc) is 2.76. The maximum absolute atomic E-state index is 13.4. The molecule has 0 aliphatic carbocycles. The molecule has 0 amide bonds. The fourth-order valence-electron chi connectivity index (χ4n) is 1.37. The van der Waals surface area contributed by atoms with Crippen molar-refractivity contribution in [2.45, 2.75) is 23.6 Å². The maximum atomic E-state index is 13.4. The van der Waals surface area contributed by atoms with E-state index in [1.54, 1.807) is 0 Å². The highest BCUT2D eigenvalue weighted by molar-refractivity contribution is 7.98. The van der Waals surface area contributed by atoms with Gasteiger partial charge in [0.25, 0.3) is 0 Å². The van der Waals surface area contributed by atoms with Crippen LogP contribution in [-0.2, 0) is 12.3 Å². The molecule has 1 aromatic heterocycles. The zero-order valence-corrected chi connectivity index (χ0v) is 10.5. The first kappa shape index (κ1) is 14.7. The van der Waals surface area contributed by atoms with Crippen LogP contribution in [0.4, 0.5) is 22.0 Å². The first-order chi connectivity index (χ1) is 9.37. The number of thioether (sulfide) groups is 1. The molecule has 0 spiro atoms. The van der Waals surface area contributed by atoms with Crippen molar-refractivity contribution in [3.8, 4) is 0 Å². The summed E-state index contributed by atoms with van der Waals surface area (Å²) in [6.07, 6.45) is -4.46. The van der Waals surface area contributed by atoms with Gasteiger partial charge in [0, 0.05) is 11.3 Å². The van der Waals surface area contributed by atoms with Gasteiger partial charge in [-0.2, -0.15) is 13.2 Å². The third-order valence-electron chi connectivity index (χ3n) is 2.22. The number of hydrogen-bond donors (Lipinski definition) is 0. The molecule has 108 valence electrons. The van der Waals surface area contributed by atoms with Crippen LogP contribution in [0, 0.1) is 11.6 Å². The van der Waals surface area contributed by atoms with E-state index < -0.39 is 24.4 Å². The number of aromatic nitrogens is 4. The highest BCUT2D eigenvalue weighted by Gasteiger charge is 2.30. The summed E-state index contributed by atoms with van der Waals surface area (Å²) in [5.74, 6) is -2.13. The Bertz CT molecular complexity index is 598. The SMILES string of the molecule is Fc1cccc(CSc2nnnn2CC(F)(F)F)c1F. The highest BCUT2D eigenvalue weighted by Crippen LogP contribution is 2.25. The van der Waals surface area contributed by atoms with Gasteiger partial charge in [-0.15, -0.1) is 5.10 Å². The van der Waals surface area contributed by atoms with Crippen molar-refractivity contribution in [3.63, 3.8) is 0 Å². The third-order valence-corrected chi connectivity index (χ3v) is 3.22. The molecule has 0 aliphatic rings. The molecule has 10 heteroatoms. The van der Waals surface area contributed by atoms with Crippen LogP contribution < -0.4 is 0 Å². The van der Waals surface area contributed by atoms with Crippen molar-refractivity contribution < 1.29 is 22.0 Å². The van der Waals surface area contributed by atoms with Gasteiger partial charge in [-0.05, 0) is 16.5 Å². The van der Waals surface area contributed by atoms with Crippen molar-refractivity contribution in [2.75, 3.05) is 0 Å². The fourth-order valence-corrected chi connectivity index (χ4v) is 2.22. The minimum Gasteiger partial charge on any atom is -0.211 e. The van der Waals surface area contributed by atoms with E-state index in [9.17, 15) is 22.0 Å². The van der Waals surface area contributed by atoms with Crippen LogP contribution in [0.15, 0.2) is 23.4 Å². The van der Waals surface area contributed by atoms with Crippen LogP contribution in [0.3, 0.4) is 0 Å². The Morgan fingerprint density at radius 3 is 2.65 bits per heavy atom. The van der Waals surface area contributed by atoms with Gasteiger partial charge in [0.2, 0.25) is 5.16 Å². The van der Waals surface area contributed by atoms with Crippen LogP contribution in [0.25, 0.3) is 0 Å². The second kappa shape index (κ2) is 5.73. The number of rotatable bonds is 4. The molecule has 2 rings (SSSR count). The number of benzene rings is 1. The molecule has 2 aromatic rings. The fraction of sp³-hybridized carbons (Fsp3) is 0.300. The molecule has 0 saturated heterocycles. The van der Waals surface area contributed by atoms with E-state index >= 15 is 0 Å². The zero-order chi connectivity index (χ0) is 14.8. The predicted octanol–water partition coefficient (Wildman–Crippen LogP) is 2.81. The van der Waals surface area contributed by atoms with Crippen LogP contribution in [0.2, 0.25) is 0 Å². The summed E-state index contributed by atoms with van der Waals surface area (Å²) in [6.45, 7) is -1.34. The molecule has 0 saturated carbocycles. The largest absolute Gasteiger partial charge is 0.408 e. The lowest BCUT2D eigenvalue weighted by molar-refractivity contribution is -0.144. The van der Waals surface area contributed by atoms with Crippen molar-refractivity contribution in [1.29, 1.82) is 0 Å². The second-order valence-corrected chi connectivity index (χ2v) is 4.68. The first-order valence-corrected chi connectivity index (χ1v) is 6.24. The number of nitrogens with zero attached hydrogens (tertiary/aromatic N) is 4. The van der Waals surface area contributed by atoms with Crippen molar-refractivity contribution in [3.05, 3.63) is 35.4 Å². The van der Waals surface area contributed by atoms with Gasteiger partial charge in [0.15, 0.2) is 11.6 Å². The maximum Gasteiger partial charge on any atom is 0.408 e. The highest BCUT2D eigenvalue weighted by atomic mass is 32.2. The van der Waals surface area contributed by atoms with E-state index in [4.69, 9.17) is 0 Å². The van der Waals surface area contributed by atoms with E-state index in [-0.39, 0.29) is 16.5 Å². The average molecular weight is 310 g/mol. The molecular formula is C10H7F5N4S. The number of hydrogen-bond acceptors (Lipinski definition) is 4. The standard InChI is InChI=1S/C10H7F5N4S/c11-7-3-1-2-6(8(7)12)4-20-9-16-17-18-19(9)5-10(13,14)15/h1-3H,4-5H2. The number of halogens is 5. The minimum atomic E-state index is -4.46.